The van der Waals surface area contributed by atoms with Crippen LogP contribution in [0.15, 0.2) is 24.4 Å². The molecule has 1 aromatic heterocycles. The SMILES string of the molecule is COc1ccc2c(OC)ccnc2c1[N+](=O)[O-]. The lowest BCUT2D eigenvalue weighted by molar-refractivity contribution is -0.384. The largest absolute Gasteiger partial charge is 0.496 e. The first kappa shape index (κ1) is 11.1. The summed E-state index contributed by atoms with van der Waals surface area (Å²) in [5.74, 6) is 0.726. The van der Waals surface area contributed by atoms with Gasteiger partial charge in [-0.1, -0.05) is 0 Å². The second-order valence-corrected chi connectivity index (χ2v) is 3.28. The van der Waals surface area contributed by atoms with Gasteiger partial charge in [-0.2, -0.15) is 0 Å². The van der Waals surface area contributed by atoms with Crippen molar-refractivity contribution in [2.24, 2.45) is 0 Å². The van der Waals surface area contributed by atoms with Gasteiger partial charge in [0.1, 0.15) is 5.75 Å². The molecule has 6 nitrogen and oxygen atoms in total. The van der Waals surface area contributed by atoms with Crippen LogP contribution in [-0.2, 0) is 0 Å². The van der Waals surface area contributed by atoms with Gasteiger partial charge in [-0.05, 0) is 18.2 Å². The molecule has 0 N–H and O–H groups in total. The smallest absolute Gasteiger partial charge is 0.336 e. The van der Waals surface area contributed by atoms with Crippen LogP contribution in [0.4, 0.5) is 5.69 Å². The molecule has 1 heterocycles. The second-order valence-electron chi connectivity index (χ2n) is 3.28. The maximum absolute atomic E-state index is 11.0. The minimum atomic E-state index is -0.506. The number of nitrogens with zero attached hydrogens (tertiary/aromatic N) is 2. The fourth-order valence-electron chi connectivity index (χ4n) is 1.68. The van der Waals surface area contributed by atoms with E-state index in [1.807, 2.05) is 0 Å². The maximum atomic E-state index is 11.0. The average Bonchev–Trinajstić information content (AvgIpc) is 2.36. The first-order chi connectivity index (χ1) is 8.19. The van der Waals surface area contributed by atoms with Crippen LogP contribution < -0.4 is 9.47 Å². The lowest BCUT2D eigenvalue weighted by Crippen LogP contribution is -1.97. The molecule has 1 aromatic carbocycles. The Bertz CT molecular complexity index is 583. The van der Waals surface area contributed by atoms with Gasteiger partial charge in [0.2, 0.25) is 0 Å². The van der Waals surface area contributed by atoms with E-state index in [0.29, 0.717) is 11.1 Å². The Labute approximate surface area is 96.9 Å². The number of ether oxygens (including phenoxy) is 2. The van der Waals surface area contributed by atoms with Crippen molar-refractivity contribution in [1.82, 2.24) is 4.98 Å². The number of rotatable bonds is 3. The summed E-state index contributed by atoms with van der Waals surface area (Å²) >= 11 is 0. The van der Waals surface area contributed by atoms with Crippen LogP contribution in [0.25, 0.3) is 10.9 Å². The van der Waals surface area contributed by atoms with Gasteiger partial charge in [0.05, 0.1) is 19.1 Å². The fourth-order valence-corrected chi connectivity index (χ4v) is 1.68. The Morgan fingerprint density at radius 1 is 1.18 bits per heavy atom. The number of methoxy groups -OCH3 is 2. The standard InChI is InChI=1S/C11H10N2O4/c1-16-8-5-6-12-10-7(8)3-4-9(17-2)11(10)13(14)15/h3-6H,1-2H3. The first-order valence-electron chi connectivity index (χ1n) is 4.83. The van der Waals surface area contributed by atoms with Crippen LogP contribution in [0, 0.1) is 10.1 Å². The van der Waals surface area contributed by atoms with Gasteiger partial charge in [-0.15, -0.1) is 0 Å². The molecule has 0 saturated carbocycles. The van der Waals surface area contributed by atoms with Crippen LogP contribution in [0.5, 0.6) is 11.5 Å². The molecular weight excluding hydrogens is 224 g/mol. The number of nitro groups is 1. The van der Waals surface area contributed by atoms with E-state index in [9.17, 15) is 10.1 Å². The molecule has 0 aliphatic heterocycles. The van der Waals surface area contributed by atoms with Crippen molar-refractivity contribution in [3.63, 3.8) is 0 Å². The second kappa shape index (κ2) is 4.25. The third-order valence-corrected chi connectivity index (χ3v) is 2.43. The minimum absolute atomic E-state index is 0.149. The van der Waals surface area contributed by atoms with Crippen molar-refractivity contribution in [2.45, 2.75) is 0 Å². The van der Waals surface area contributed by atoms with Crippen molar-refractivity contribution in [3.8, 4) is 11.5 Å². The van der Waals surface area contributed by atoms with Crippen LogP contribution in [-0.4, -0.2) is 24.1 Å². The summed E-state index contributed by atoms with van der Waals surface area (Å²) in [4.78, 5) is 14.6. The summed E-state index contributed by atoms with van der Waals surface area (Å²) in [6.45, 7) is 0. The molecule has 0 saturated heterocycles. The van der Waals surface area contributed by atoms with Gasteiger partial charge in [0.15, 0.2) is 11.3 Å². The highest BCUT2D eigenvalue weighted by Gasteiger charge is 2.21. The first-order valence-corrected chi connectivity index (χ1v) is 4.83. The Morgan fingerprint density at radius 2 is 1.88 bits per heavy atom. The lowest BCUT2D eigenvalue weighted by atomic mass is 10.1. The van der Waals surface area contributed by atoms with Gasteiger partial charge in [0, 0.05) is 11.6 Å². The Morgan fingerprint density at radius 3 is 2.47 bits per heavy atom. The molecule has 17 heavy (non-hydrogen) atoms. The van der Waals surface area contributed by atoms with Gasteiger partial charge >= 0.3 is 5.69 Å². The Kier molecular flexibility index (Phi) is 2.78. The predicted molar refractivity (Wildman–Crippen MR) is 61.5 cm³/mol. The van der Waals surface area contributed by atoms with Crippen LogP contribution in [0.1, 0.15) is 0 Å². The van der Waals surface area contributed by atoms with Crippen molar-refractivity contribution in [1.29, 1.82) is 0 Å². The van der Waals surface area contributed by atoms with Crippen molar-refractivity contribution >= 4 is 16.6 Å². The highest BCUT2D eigenvalue weighted by Crippen LogP contribution is 2.36. The Hall–Kier alpha value is -2.37. The van der Waals surface area contributed by atoms with Gasteiger partial charge < -0.3 is 9.47 Å². The van der Waals surface area contributed by atoms with Gasteiger partial charge in [0.25, 0.3) is 0 Å². The molecule has 2 rings (SSSR count). The summed E-state index contributed by atoms with van der Waals surface area (Å²) in [5.41, 5.74) is 0.109. The summed E-state index contributed by atoms with van der Waals surface area (Å²) in [6, 6.07) is 4.87. The third-order valence-electron chi connectivity index (χ3n) is 2.43. The fraction of sp³-hybridized carbons (Fsp3) is 0.182. The van der Waals surface area contributed by atoms with Gasteiger partial charge in [-0.25, -0.2) is 4.98 Å². The molecule has 88 valence electrons. The topological polar surface area (TPSA) is 74.5 Å². The maximum Gasteiger partial charge on any atom is 0.336 e. The molecule has 0 radical (unpaired) electrons. The number of benzene rings is 1. The monoisotopic (exact) mass is 234 g/mol. The normalized spacial score (nSPS) is 10.2. The predicted octanol–water partition coefficient (Wildman–Crippen LogP) is 2.16. The molecule has 0 atom stereocenters. The molecule has 0 fully saturated rings. The molecule has 0 unspecified atom stereocenters. The lowest BCUT2D eigenvalue weighted by Gasteiger charge is -2.07. The van der Waals surface area contributed by atoms with E-state index in [-0.39, 0.29) is 17.0 Å². The highest BCUT2D eigenvalue weighted by molar-refractivity contribution is 5.94. The molecule has 0 amide bonds. The highest BCUT2D eigenvalue weighted by atomic mass is 16.6. The van der Waals surface area contributed by atoms with Crippen LogP contribution in [0.3, 0.4) is 0 Å². The molecular formula is C11H10N2O4. The van der Waals surface area contributed by atoms with Crippen molar-refractivity contribution in [2.75, 3.05) is 14.2 Å². The van der Waals surface area contributed by atoms with E-state index in [2.05, 4.69) is 4.98 Å². The number of hydrogen-bond acceptors (Lipinski definition) is 5. The molecule has 0 bridgehead atoms. The zero-order valence-electron chi connectivity index (χ0n) is 9.34. The van der Waals surface area contributed by atoms with E-state index in [4.69, 9.17) is 9.47 Å². The molecule has 6 heteroatoms. The van der Waals surface area contributed by atoms with E-state index in [1.165, 1.54) is 26.5 Å². The summed E-state index contributed by atoms with van der Waals surface area (Å²) in [6.07, 6.45) is 1.47. The zero-order valence-corrected chi connectivity index (χ0v) is 9.34. The van der Waals surface area contributed by atoms with Crippen LogP contribution in [0.2, 0.25) is 0 Å². The number of fused-ring (bicyclic) bond motifs is 1. The molecule has 0 aliphatic carbocycles. The number of pyridine rings is 1. The van der Waals surface area contributed by atoms with E-state index in [0.717, 1.165) is 0 Å². The van der Waals surface area contributed by atoms with Crippen LogP contribution >= 0.6 is 0 Å². The molecule has 2 aromatic rings. The summed E-state index contributed by atoms with van der Waals surface area (Å²) < 4.78 is 10.1. The third kappa shape index (κ3) is 1.73. The number of aromatic nitrogens is 1. The van der Waals surface area contributed by atoms with Crippen molar-refractivity contribution in [3.05, 3.63) is 34.5 Å². The quantitative estimate of drug-likeness (QED) is 0.600. The molecule has 0 aliphatic rings. The van der Waals surface area contributed by atoms with Gasteiger partial charge in [-0.3, -0.25) is 10.1 Å². The molecule has 0 spiro atoms. The Balaban J connectivity index is 2.86. The minimum Gasteiger partial charge on any atom is -0.496 e. The summed E-state index contributed by atoms with van der Waals surface area (Å²) in [5, 5.41) is 11.6. The zero-order chi connectivity index (χ0) is 12.4. The number of hydrogen-bond donors (Lipinski definition) is 0. The average molecular weight is 234 g/mol. The van der Waals surface area contributed by atoms with E-state index >= 15 is 0 Å². The van der Waals surface area contributed by atoms with Crippen molar-refractivity contribution < 1.29 is 14.4 Å². The number of nitro benzene ring substituents is 1. The van der Waals surface area contributed by atoms with E-state index in [1.54, 1.807) is 12.1 Å². The van der Waals surface area contributed by atoms with E-state index < -0.39 is 4.92 Å². The summed E-state index contributed by atoms with van der Waals surface area (Å²) in [7, 11) is 2.89.